The SMILES string of the molecule is CCN(CC)c1nc(-c2ccccc2)c(I)c(=O)[nH]1. The molecule has 0 saturated heterocycles. The van der Waals surface area contributed by atoms with E-state index in [4.69, 9.17) is 0 Å². The van der Waals surface area contributed by atoms with Gasteiger partial charge in [-0.15, -0.1) is 0 Å². The van der Waals surface area contributed by atoms with E-state index in [0.717, 1.165) is 24.3 Å². The molecule has 1 N–H and O–H groups in total. The van der Waals surface area contributed by atoms with Crippen LogP contribution >= 0.6 is 22.6 Å². The molecule has 2 rings (SSSR count). The number of hydrogen-bond acceptors (Lipinski definition) is 3. The number of nitrogens with one attached hydrogen (secondary N) is 1. The number of H-pyrrole nitrogens is 1. The van der Waals surface area contributed by atoms with Gasteiger partial charge in [-0.3, -0.25) is 9.78 Å². The number of nitrogens with zero attached hydrogens (tertiary/aromatic N) is 2. The van der Waals surface area contributed by atoms with Gasteiger partial charge in [0.15, 0.2) is 0 Å². The van der Waals surface area contributed by atoms with Crippen LogP contribution < -0.4 is 10.5 Å². The van der Waals surface area contributed by atoms with Crippen LogP contribution in [0.2, 0.25) is 0 Å². The van der Waals surface area contributed by atoms with Gasteiger partial charge in [-0.05, 0) is 36.4 Å². The third-order valence-corrected chi connectivity index (χ3v) is 3.96. The van der Waals surface area contributed by atoms with E-state index < -0.39 is 0 Å². The average molecular weight is 369 g/mol. The summed E-state index contributed by atoms with van der Waals surface area (Å²) in [4.78, 5) is 21.5. The van der Waals surface area contributed by atoms with Gasteiger partial charge in [0, 0.05) is 18.7 Å². The topological polar surface area (TPSA) is 49.0 Å². The van der Waals surface area contributed by atoms with Gasteiger partial charge in [-0.1, -0.05) is 30.3 Å². The molecule has 0 amide bonds. The molecule has 0 spiro atoms. The number of benzene rings is 1. The molecule has 0 aliphatic heterocycles. The molecule has 0 bridgehead atoms. The monoisotopic (exact) mass is 369 g/mol. The maximum atomic E-state index is 12.0. The minimum atomic E-state index is -0.0867. The van der Waals surface area contributed by atoms with E-state index in [1.165, 1.54) is 0 Å². The Hall–Kier alpha value is -1.37. The Labute approximate surface area is 126 Å². The fourth-order valence-corrected chi connectivity index (χ4v) is 2.47. The lowest BCUT2D eigenvalue weighted by molar-refractivity contribution is 0.816. The highest BCUT2D eigenvalue weighted by atomic mass is 127. The van der Waals surface area contributed by atoms with Gasteiger partial charge in [0.25, 0.3) is 5.56 Å². The fraction of sp³-hybridized carbons (Fsp3) is 0.286. The molecule has 4 nitrogen and oxygen atoms in total. The molecule has 19 heavy (non-hydrogen) atoms. The zero-order valence-corrected chi connectivity index (χ0v) is 13.1. The van der Waals surface area contributed by atoms with E-state index in [0.29, 0.717) is 9.52 Å². The smallest absolute Gasteiger partial charge is 0.266 e. The van der Waals surface area contributed by atoms with Crippen LogP contribution in [0.15, 0.2) is 35.1 Å². The molecule has 100 valence electrons. The average Bonchev–Trinajstić information content (AvgIpc) is 2.44. The Morgan fingerprint density at radius 2 is 1.84 bits per heavy atom. The summed E-state index contributed by atoms with van der Waals surface area (Å²) in [5.74, 6) is 0.634. The van der Waals surface area contributed by atoms with Crippen LogP contribution in [-0.2, 0) is 0 Å². The van der Waals surface area contributed by atoms with E-state index >= 15 is 0 Å². The predicted molar refractivity (Wildman–Crippen MR) is 86.6 cm³/mol. The van der Waals surface area contributed by atoms with Crippen molar-refractivity contribution >= 4 is 28.5 Å². The molecule has 0 unspecified atom stereocenters. The molecule has 1 aromatic heterocycles. The zero-order chi connectivity index (χ0) is 13.8. The number of anilines is 1. The van der Waals surface area contributed by atoms with Crippen LogP contribution in [0.25, 0.3) is 11.3 Å². The number of hydrogen-bond donors (Lipinski definition) is 1. The summed E-state index contributed by atoms with van der Waals surface area (Å²) in [5.41, 5.74) is 1.62. The molecular weight excluding hydrogens is 353 g/mol. The molecular formula is C14H16IN3O. The van der Waals surface area contributed by atoms with Gasteiger partial charge in [-0.2, -0.15) is 0 Å². The molecule has 0 atom stereocenters. The van der Waals surface area contributed by atoms with Crippen molar-refractivity contribution in [2.75, 3.05) is 18.0 Å². The maximum Gasteiger partial charge on any atom is 0.266 e. The number of rotatable bonds is 4. The first-order valence-corrected chi connectivity index (χ1v) is 7.35. The Balaban J connectivity index is 2.58. The third-order valence-electron chi connectivity index (χ3n) is 2.96. The highest BCUT2D eigenvalue weighted by Gasteiger charge is 2.13. The molecule has 1 heterocycles. The van der Waals surface area contributed by atoms with Crippen LogP contribution in [0.1, 0.15) is 13.8 Å². The number of halogens is 1. The summed E-state index contributed by atoms with van der Waals surface area (Å²) < 4.78 is 0.625. The number of aromatic amines is 1. The lowest BCUT2D eigenvalue weighted by Gasteiger charge is -2.19. The van der Waals surface area contributed by atoms with Gasteiger partial charge >= 0.3 is 0 Å². The molecule has 2 aromatic rings. The lowest BCUT2D eigenvalue weighted by Crippen LogP contribution is -2.28. The Bertz CT molecular complexity index is 606. The van der Waals surface area contributed by atoms with Crippen molar-refractivity contribution in [3.05, 3.63) is 44.3 Å². The normalized spacial score (nSPS) is 10.5. The fourth-order valence-electron chi connectivity index (χ4n) is 1.91. The van der Waals surface area contributed by atoms with Gasteiger partial charge in [0.1, 0.15) is 3.57 Å². The van der Waals surface area contributed by atoms with Gasteiger partial charge in [0.2, 0.25) is 5.95 Å². The van der Waals surface area contributed by atoms with Crippen molar-refractivity contribution in [2.24, 2.45) is 0 Å². The molecule has 0 fully saturated rings. The van der Waals surface area contributed by atoms with Crippen molar-refractivity contribution in [2.45, 2.75) is 13.8 Å². The first-order chi connectivity index (χ1) is 9.17. The second-order valence-electron chi connectivity index (χ2n) is 4.09. The first kappa shape index (κ1) is 14.0. The highest BCUT2D eigenvalue weighted by Crippen LogP contribution is 2.22. The Kier molecular flexibility index (Phi) is 4.57. The van der Waals surface area contributed by atoms with Crippen LogP contribution in [0.4, 0.5) is 5.95 Å². The molecule has 0 radical (unpaired) electrons. The van der Waals surface area contributed by atoms with Crippen LogP contribution in [0, 0.1) is 3.57 Å². The van der Waals surface area contributed by atoms with E-state index in [2.05, 4.69) is 9.97 Å². The molecule has 0 saturated carbocycles. The van der Waals surface area contributed by atoms with E-state index in [9.17, 15) is 4.79 Å². The minimum Gasteiger partial charge on any atom is -0.343 e. The van der Waals surface area contributed by atoms with Crippen LogP contribution in [-0.4, -0.2) is 23.1 Å². The molecule has 1 aromatic carbocycles. The van der Waals surface area contributed by atoms with Crippen molar-refractivity contribution < 1.29 is 0 Å². The van der Waals surface area contributed by atoms with E-state index in [-0.39, 0.29) is 5.56 Å². The third kappa shape index (κ3) is 2.97. The first-order valence-electron chi connectivity index (χ1n) is 6.27. The molecule has 0 aliphatic carbocycles. The summed E-state index contributed by atoms with van der Waals surface area (Å²) >= 11 is 2.05. The highest BCUT2D eigenvalue weighted by molar-refractivity contribution is 14.1. The van der Waals surface area contributed by atoms with Crippen molar-refractivity contribution in [1.82, 2.24) is 9.97 Å². The standard InChI is InChI=1S/C14H16IN3O/c1-3-18(4-2)14-16-12(11(15)13(19)17-14)10-8-6-5-7-9-10/h5-9H,3-4H2,1-2H3,(H,16,17,19). The second kappa shape index (κ2) is 6.18. The molecule has 0 aliphatic rings. The Morgan fingerprint density at radius 1 is 1.21 bits per heavy atom. The van der Waals surface area contributed by atoms with Crippen LogP contribution in [0.5, 0.6) is 0 Å². The molecule has 5 heteroatoms. The quantitative estimate of drug-likeness (QED) is 0.844. The maximum absolute atomic E-state index is 12.0. The van der Waals surface area contributed by atoms with Crippen molar-refractivity contribution in [3.63, 3.8) is 0 Å². The van der Waals surface area contributed by atoms with E-state index in [1.54, 1.807) is 0 Å². The van der Waals surface area contributed by atoms with Gasteiger partial charge in [0.05, 0.1) is 5.69 Å². The van der Waals surface area contributed by atoms with Crippen molar-refractivity contribution in [1.29, 1.82) is 0 Å². The largest absolute Gasteiger partial charge is 0.343 e. The van der Waals surface area contributed by atoms with Crippen LogP contribution in [0.3, 0.4) is 0 Å². The predicted octanol–water partition coefficient (Wildman–Crippen LogP) is 2.89. The zero-order valence-electron chi connectivity index (χ0n) is 11.0. The number of aromatic nitrogens is 2. The van der Waals surface area contributed by atoms with Gasteiger partial charge in [-0.25, -0.2) is 4.98 Å². The Morgan fingerprint density at radius 3 is 2.42 bits per heavy atom. The summed E-state index contributed by atoms with van der Waals surface area (Å²) in [7, 11) is 0. The van der Waals surface area contributed by atoms with Gasteiger partial charge < -0.3 is 4.90 Å². The summed E-state index contributed by atoms with van der Waals surface area (Å²) in [5, 5.41) is 0. The van der Waals surface area contributed by atoms with Crippen molar-refractivity contribution in [3.8, 4) is 11.3 Å². The van der Waals surface area contributed by atoms with E-state index in [1.807, 2.05) is 71.7 Å². The summed E-state index contributed by atoms with van der Waals surface area (Å²) in [6.07, 6.45) is 0. The minimum absolute atomic E-state index is 0.0867. The summed E-state index contributed by atoms with van der Waals surface area (Å²) in [6.45, 7) is 5.72. The summed E-state index contributed by atoms with van der Waals surface area (Å²) in [6, 6.07) is 9.79. The second-order valence-corrected chi connectivity index (χ2v) is 5.17. The lowest BCUT2D eigenvalue weighted by atomic mass is 10.1.